The third-order valence-electron chi connectivity index (χ3n) is 2.42. The van der Waals surface area contributed by atoms with Crippen molar-refractivity contribution in [2.24, 2.45) is 5.10 Å². The highest BCUT2D eigenvalue weighted by molar-refractivity contribution is 5.92. The highest BCUT2D eigenvalue weighted by Crippen LogP contribution is 2.32. The summed E-state index contributed by atoms with van der Waals surface area (Å²) in [5.41, 5.74) is -0.756. The van der Waals surface area contributed by atoms with Crippen molar-refractivity contribution in [3.8, 4) is 0 Å². The summed E-state index contributed by atoms with van der Waals surface area (Å²) in [5.74, 6) is 0. The van der Waals surface area contributed by atoms with Gasteiger partial charge in [0.1, 0.15) is 6.54 Å². The molecule has 0 saturated carbocycles. The number of hydroxylamine groups is 1. The Labute approximate surface area is 90.0 Å². The molecule has 0 N–H and O–H groups in total. The molecule has 1 aliphatic rings. The van der Waals surface area contributed by atoms with Gasteiger partial charge in [0.15, 0.2) is 11.4 Å². The first-order valence-electron chi connectivity index (χ1n) is 4.73. The molecule has 0 spiro atoms. The second-order valence-corrected chi connectivity index (χ2v) is 3.56. The molecule has 0 radical (unpaired) electrons. The van der Waals surface area contributed by atoms with Crippen LogP contribution < -0.4 is 4.76 Å². The highest BCUT2D eigenvalue weighted by Gasteiger charge is 2.44. The van der Waals surface area contributed by atoms with Crippen LogP contribution >= 0.6 is 0 Å². The average Bonchev–Trinajstić information content (AvgIpc) is 2.63. The van der Waals surface area contributed by atoms with Crippen molar-refractivity contribution < 1.29 is 13.2 Å². The monoisotopic (exact) mass is 230 g/mol. The number of nitrogens with zero attached hydrogens (tertiary/aromatic N) is 2. The van der Waals surface area contributed by atoms with E-state index in [9.17, 15) is 18.4 Å². The topological polar surface area (TPSA) is 35.4 Å². The molecule has 1 aliphatic heterocycles. The van der Waals surface area contributed by atoms with Crippen molar-refractivity contribution in [3.05, 3.63) is 35.5 Å². The van der Waals surface area contributed by atoms with Crippen LogP contribution in [0.1, 0.15) is 6.42 Å². The lowest BCUT2D eigenvalue weighted by Gasteiger charge is -2.31. The van der Waals surface area contributed by atoms with E-state index in [0.717, 1.165) is 0 Å². The third-order valence-corrected chi connectivity index (χ3v) is 2.42. The Morgan fingerprint density at radius 2 is 1.81 bits per heavy atom. The molecular formula is C10H9F3N2O. The standard InChI is InChI=1S/C10H9F3N2O/c11-10(12,13)9-6-7-15(16,14-9)8-4-2-1-3-5-8/h1-5H,6-7H2. The van der Waals surface area contributed by atoms with Crippen LogP contribution in [-0.4, -0.2) is 18.4 Å². The molecule has 1 unspecified atom stereocenters. The van der Waals surface area contributed by atoms with Crippen molar-refractivity contribution in [3.63, 3.8) is 0 Å². The molecule has 0 bridgehead atoms. The quantitative estimate of drug-likeness (QED) is 0.539. The molecule has 0 amide bonds. The van der Waals surface area contributed by atoms with E-state index in [1.807, 2.05) is 0 Å². The molecule has 0 aromatic heterocycles. The van der Waals surface area contributed by atoms with Gasteiger partial charge in [-0.25, -0.2) is 0 Å². The second kappa shape index (κ2) is 3.57. The number of quaternary nitrogens is 1. The molecule has 2 rings (SSSR count). The van der Waals surface area contributed by atoms with Gasteiger partial charge in [0, 0.05) is 12.1 Å². The number of rotatable bonds is 1. The molecular weight excluding hydrogens is 221 g/mol. The first kappa shape index (κ1) is 11.1. The van der Waals surface area contributed by atoms with Gasteiger partial charge < -0.3 is 5.21 Å². The normalized spacial score (nSPS) is 25.6. The van der Waals surface area contributed by atoms with Gasteiger partial charge in [-0.2, -0.15) is 17.9 Å². The smallest absolute Gasteiger partial charge is 0.434 e. The van der Waals surface area contributed by atoms with Gasteiger partial charge in [-0.3, -0.25) is 0 Å². The molecule has 1 heterocycles. The fourth-order valence-electron chi connectivity index (χ4n) is 1.60. The predicted molar refractivity (Wildman–Crippen MR) is 54.6 cm³/mol. The molecule has 0 fully saturated rings. The Bertz CT molecular complexity index is 416. The van der Waals surface area contributed by atoms with E-state index in [1.54, 1.807) is 18.2 Å². The summed E-state index contributed by atoms with van der Waals surface area (Å²) >= 11 is 0. The van der Waals surface area contributed by atoms with E-state index in [0.29, 0.717) is 0 Å². The number of halogens is 3. The van der Waals surface area contributed by atoms with E-state index in [2.05, 4.69) is 5.10 Å². The Morgan fingerprint density at radius 3 is 2.31 bits per heavy atom. The summed E-state index contributed by atoms with van der Waals surface area (Å²) in [6.45, 7) is -0.196. The van der Waals surface area contributed by atoms with Crippen molar-refractivity contribution in [2.45, 2.75) is 12.6 Å². The first-order chi connectivity index (χ1) is 7.42. The van der Waals surface area contributed by atoms with Crippen molar-refractivity contribution in [2.75, 3.05) is 6.54 Å². The van der Waals surface area contributed by atoms with Gasteiger partial charge >= 0.3 is 6.18 Å². The van der Waals surface area contributed by atoms with Crippen LogP contribution in [0, 0.1) is 5.21 Å². The maximum Gasteiger partial charge on any atom is 0.434 e. The largest absolute Gasteiger partial charge is 0.599 e. The molecule has 0 aliphatic carbocycles. The van der Waals surface area contributed by atoms with Gasteiger partial charge in [0.2, 0.25) is 0 Å². The zero-order valence-electron chi connectivity index (χ0n) is 8.24. The number of hydrogen-bond acceptors (Lipinski definition) is 2. The summed E-state index contributed by atoms with van der Waals surface area (Å²) in [4.78, 5) is 0. The van der Waals surface area contributed by atoms with E-state index in [-0.39, 0.29) is 18.7 Å². The number of alkyl halides is 3. The fraction of sp³-hybridized carbons (Fsp3) is 0.300. The minimum Gasteiger partial charge on any atom is -0.599 e. The van der Waals surface area contributed by atoms with Crippen LogP contribution in [0.4, 0.5) is 18.9 Å². The van der Waals surface area contributed by atoms with Gasteiger partial charge in [-0.05, 0) is 0 Å². The van der Waals surface area contributed by atoms with E-state index < -0.39 is 16.6 Å². The fourth-order valence-corrected chi connectivity index (χ4v) is 1.60. The highest BCUT2D eigenvalue weighted by atomic mass is 19.4. The molecule has 3 nitrogen and oxygen atoms in total. The van der Waals surface area contributed by atoms with Crippen LogP contribution in [0.3, 0.4) is 0 Å². The molecule has 1 aromatic rings. The van der Waals surface area contributed by atoms with Crippen LogP contribution in [0.5, 0.6) is 0 Å². The summed E-state index contributed by atoms with van der Waals surface area (Å²) in [6.07, 6.45) is -4.83. The summed E-state index contributed by atoms with van der Waals surface area (Å²) in [6, 6.07) is 7.87. The van der Waals surface area contributed by atoms with Crippen LogP contribution in [0.2, 0.25) is 0 Å². The third kappa shape index (κ3) is 1.94. The predicted octanol–water partition coefficient (Wildman–Crippen LogP) is 2.81. The summed E-state index contributed by atoms with van der Waals surface area (Å²) in [7, 11) is 0. The van der Waals surface area contributed by atoms with Gasteiger partial charge in [0.05, 0.1) is 6.42 Å². The van der Waals surface area contributed by atoms with Crippen LogP contribution in [-0.2, 0) is 0 Å². The summed E-state index contributed by atoms with van der Waals surface area (Å²) < 4.78 is 35.8. The van der Waals surface area contributed by atoms with Crippen molar-refractivity contribution in [1.29, 1.82) is 0 Å². The van der Waals surface area contributed by atoms with Crippen LogP contribution in [0.15, 0.2) is 35.4 Å². The number of benzene rings is 1. The zero-order chi connectivity index (χ0) is 11.8. The maximum atomic E-state index is 12.3. The Morgan fingerprint density at radius 1 is 1.19 bits per heavy atom. The minimum absolute atomic E-state index is 0.196. The lowest BCUT2D eigenvalue weighted by Crippen LogP contribution is -2.34. The molecule has 86 valence electrons. The van der Waals surface area contributed by atoms with Gasteiger partial charge in [0.25, 0.3) is 0 Å². The Balaban J connectivity index is 2.34. The summed E-state index contributed by atoms with van der Waals surface area (Å²) in [5, 5.41) is 15.2. The van der Waals surface area contributed by atoms with Crippen molar-refractivity contribution in [1.82, 2.24) is 4.76 Å². The zero-order valence-corrected chi connectivity index (χ0v) is 8.24. The van der Waals surface area contributed by atoms with E-state index in [4.69, 9.17) is 0 Å². The van der Waals surface area contributed by atoms with Gasteiger partial charge in [-0.1, -0.05) is 23.3 Å². The maximum absolute atomic E-state index is 12.3. The number of hydrogen-bond donors (Lipinski definition) is 0. The first-order valence-corrected chi connectivity index (χ1v) is 4.73. The molecule has 1 aromatic carbocycles. The van der Waals surface area contributed by atoms with E-state index in [1.165, 1.54) is 12.1 Å². The average molecular weight is 230 g/mol. The molecule has 6 heteroatoms. The van der Waals surface area contributed by atoms with Crippen LogP contribution in [0.25, 0.3) is 0 Å². The van der Waals surface area contributed by atoms with Gasteiger partial charge in [-0.15, -0.1) is 0 Å². The molecule has 16 heavy (non-hydrogen) atoms. The van der Waals surface area contributed by atoms with E-state index >= 15 is 0 Å². The minimum atomic E-state index is -4.50. The lowest BCUT2D eigenvalue weighted by molar-refractivity contribution is -0.0600. The van der Waals surface area contributed by atoms with Crippen molar-refractivity contribution >= 4 is 11.4 Å². The molecule has 0 saturated heterocycles. The Hall–Kier alpha value is -1.40. The number of para-hydroxylation sites is 1. The Kier molecular flexibility index (Phi) is 2.47. The lowest BCUT2D eigenvalue weighted by atomic mass is 10.2. The second-order valence-electron chi connectivity index (χ2n) is 3.56. The molecule has 1 atom stereocenters. The SMILES string of the molecule is [O-][N+]1(c2ccccc2)CCC(C(F)(F)F)=N1.